The second-order valence-corrected chi connectivity index (χ2v) is 7.95. The summed E-state index contributed by atoms with van der Waals surface area (Å²) in [6, 6.07) is 26.7. The number of halogens is 1. The highest BCUT2D eigenvalue weighted by atomic mass is 79.9. The maximum atomic E-state index is 3.80. The molecule has 3 aromatic carbocycles. The van der Waals surface area contributed by atoms with Gasteiger partial charge >= 0.3 is 0 Å². The van der Waals surface area contributed by atoms with Crippen molar-refractivity contribution >= 4 is 21.8 Å². The van der Waals surface area contributed by atoms with E-state index in [0.717, 1.165) is 6.54 Å². The fourth-order valence-corrected chi connectivity index (χ4v) is 5.67. The van der Waals surface area contributed by atoms with Gasteiger partial charge in [-0.25, -0.2) is 0 Å². The minimum Gasteiger partial charge on any atom is -0.304 e. The van der Waals surface area contributed by atoms with E-state index in [1.807, 2.05) is 0 Å². The molecule has 0 unspecified atom stereocenters. The summed E-state index contributed by atoms with van der Waals surface area (Å²) < 4.78 is 2.21. The molecule has 1 aliphatic heterocycles. The second kappa shape index (κ2) is 4.99. The molecule has 6 rings (SSSR count). The quantitative estimate of drug-likeness (QED) is 0.426. The number of hydrogen-bond donors (Lipinski definition) is 0. The largest absolute Gasteiger partial charge is 0.304 e. The molecule has 1 heterocycles. The Kier molecular flexibility index (Phi) is 2.80. The average molecular weight is 398 g/mol. The molecule has 1 spiro atoms. The van der Waals surface area contributed by atoms with Gasteiger partial charge < -0.3 is 3.93 Å². The highest BCUT2D eigenvalue weighted by molar-refractivity contribution is 9.07. The molecule has 0 fully saturated rings. The van der Waals surface area contributed by atoms with Gasteiger partial charge in [0.2, 0.25) is 0 Å². The van der Waals surface area contributed by atoms with Crippen molar-refractivity contribution in [1.82, 2.24) is 3.93 Å². The third-order valence-corrected chi connectivity index (χ3v) is 6.63. The maximum Gasteiger partial charge on any atom is 0.0740 e. The molecule has 1 nitrogen and oxygen atoms in total. The molecule has 124 valence electrons. The molecule has 3 aromatic rings. The Morgan fingerprint density at radius 3 is 1.81 bits per heavy atom. The van der Waals surface area contributed by atoms with Crippen LogP contribution in [0.15, 0.2) is 90.5 Å². The Labute approximate surface area is 161 Å². The first-order chi connectivity index (χ1) is 12.8. The van der Waals surface area contributed by atoms with Crippen molar-refractivity contribution in [3.05, 3.63) is 113 Å². The zero-order chi connectivity index (χ0) is 17.3. The van der Waals surface area contributed by atoms with Crippen LogP contribution in [0.3, 0.4) is 0 Å². The Morgan fingerprint density at radius 1 is 0.692 bits per heavy atom. The number of benzene rings is 3. The van der Waals surface area contributed by atoms with Crippen LogP contribution in [-0.4, -0.2) is 10.5 Å². The molecule has 26 heavy (non-hydrogen) atoms. The molecular formula is C24H16BrN. The number of allylic oxidation sites excluding steroid dienone is 2. The van der Waals surface area contributed by atoms with Crippen LogP contribution in [0.2, 0.25) is 0 Å². The minimum absolute atomic E-state index is 0.220. The van der Waals surface area contributed by atoms with Crippen LogP contribution in [0.5, 0.6) is 0 Å². The van der Waals surface area contributed by atoms with Crippen LogP contribution >= 0.6 is 16.1 Å². The average Bonchev–Trinajstić information content (AvgIpc) is 3.16. The van der Waals surface area contributed by atoms with Crippen LogP contribution in [0.25, 0.3) is 16.8 Å². The fourth-order valence-electron chi connectivity index (χ4n) is 5.12. The van der Waals surface area contributed by atoms with Gasteiger partial charge in [-0.2, -0.15) is 0 Å². The third-order valence-electron chi connectivity index (χ3n) is 5.99. The van der Waals surface area contributed by atoms with Gasteiger partial charge in [-0.3, -0.25) is 0 Å². The molecule has 0 saturated carbocycles. The first kappa shape index (κ1) is 14.6. The second-order valence-electron chi connectivity index (χ2n) is 7.10. The predicted octanol–water partition coefficient (Wildman–Crippen LogP) is 5.91. The van der Waals surface area contributed by atoms with E-state index in [-0.39, 0.29) is 5.41 Å². The molecule has 0 saturated heterocycles. The van der Waals surface area contributed by atoms with Gasteiger partial charge in [-0.15, -0.1) is 0 Å². The number of nitrogens with zero attached hydrogens (tertiary/aromatic N) is 1. The van der Waals surface area contributed by atoms with Gasteiger partial charge in [0.1, 0.15) is 0 Å². The first-order valence-electron chi connectivity index (χ1n) is 8.97. The van der Waals surface area contributed by atoms with E-state index in [4.69, 9.17) is 0 Å². The molecule has 0 amide bonds. The molecule has 0 radical (unpaired) electrons. The van der Waals surface area contributed by atoms with E-state index >= 15 is 0 Å². The summed E-state index contributed by atoms with van der Waals surface area (Å²) in [5.74, 6) is 0. The SMILES string of the molecule is BrN1CC=CC2=C1c1ccccc1C21c2ccccc2-c2ccccc21. The monoisotopic (exact) mass is 397 g/mol. The van der Waals surface area contributed by atoms with E-state index < -0.39 is 0 Å². The Balaban J connectivity index is 1.84. The van der Waals surface area contributed by atoms with E-state index in [2.05, 4.69) is 105 Å². The van der Waals surface area contributed by atoms with Crippen LogP contribution in [0, 0.1) is 0 Å². The van der Waals surface area contributed by atoms with Gasteiger partial charge in [0.05, 0.1) is 11.1 Å². The summed E-state index contributed by atoms with van der Waals surface area (Å²) in [5.41, 5.74) is 10.7. The predicted molar refractivity (Wildman–Crippen MR) is 110 cm³/mol. The topological polar surface area (TPSA) is 3.24 Å². The van der Waals surface area contributed by atoms with Gasteiger partial charge in [-0.05, 0) is 33.4 Å². The zero-order valence-electron chi connectivity index (χ0n) is 14.1. The van der Waals surface area contributed by atoms with Crippen LogP contribution < -0.4 is 0 Å². The van der Waals surface area contributed by atoms with Crippen LogP contribution in [0.4, 0.5) is 0 Å². The number of rotatable bonds is 0. The molecule has 3 aliphatic rings. The number of fused-ring (bicyclic) bond motifs is 9. The van der Waals surface area contributed by atoms with Crippen molar-refractivity contribution in [3.8, 4) is 11.1 Å². The Morgan fingerprint density at radius 2 is 1.19 bits per heavy atom. The smallest absolute Gasteiger partial charge is 0.0740 e. The standard InChI is InChI=1S/C24H16BrN/c25-26-15-7-14-22-23(26)18-10-3-6-13-21(18)24(22)19-11-4-1-8-16(19)17-9-2-5-12-20(17)24/h1-14H,15H2. The summed E-state index contributed by atoms with van der Waals surface area (Å²) in [7, 11) is 0. The first-order valence-corrected chi connectivity index (χ1v) is 9.68. The van der Waals surface area contributed by atoms with E-state index in [9.17, 15) is 0 Å². The lowest BCUT2D eigenvalue weighted by Gasteiger charge is -2.32. The van der Waals surface area contributed by atoms with Crippen LogP contribution in [-0.2, 0) is 5.41 Å². The minimum atomic E-state index is -0.220. The highest BCUT2D eigenvalue weighted by Crippen LogP contribution is 2.62. The summed E-state index contributed by atoms with van der Waals surface area (Å²) in [4.78, 5) is 0. The lowest BCUT2D eigenvalue weighted by Crippen LogP contribution is -2.28. The van der Waals surface area contributed by atoms with Crippen molar-refractivity contribution in [3.63, 3.8) is 0 Å². The lowest BCUT2D eigenvalue weighted by atomic mass is 9.69. The summed E-state index contributed by atoms with van der Waals surface area (Å²) in [5, 5.41) is 0. The molecule has 2 aliphatic carbocycles. The van der Waals surface area contributed by atoms with Crippen molar-refractivity contribution in [2.24, 2.45) is 0 Å². The van der Waals surface area contributed by atoms with E-state index in [0.29, 0.717) is 0 Å². The Bertz CT molecular complexity index is 1090. The molecule has 0 bridgehead atoms. The van der Waals surface area contributed by atoms with Gasteiger partial charge in [-0.1, -0.05) is 84.9 Å². The van der Waals surface area contributed by atoms with Crippen molar-refractivity contribution < 1.29 is 0 Å². The normalized spacial score (nSPS) is 18.0. The Hall–Kier alpha value is -2.58. The lowest BCUT2D eigenvalue weighted by molar-refractivity contribution is 0.717. The van der Waals surface area contributed by atoms with Crippen molar-refractivity contribution in [2.75, 3.05) is 6.54 Å². The van der Waals surface area contributed by atoms with Gasteiger partial charge in [0.25, 0.3) is 0 Å². The van der Waals surface area contributed by atoms with Crippen molar-refractivity contribution in [1.29, 1.82) is 0 Å². The molecule has 0 N–H and O–H groups in total. The van der Waals surface area contributed by atoms with E-state index in [1.165, 1.54) is 44.7 Å². The third kappa shape index (κ3) is 1.53. The fraction of sp³-hybridized carbons (Fsp3) is 0.0833. The molecule has 0 aromatic heterocycles. The van der Waals surface area contributed by atoms with E-state index in [1.54, 1.807) is 0 Å². The summed E-state index contributed by atoms with van der Waals surface area (Å²) in [6.07, 6.45) is 4.59. The molecule has 0 atom stereocenters. The molecule has 2 heteroatoms. The number of hydrogen-bond acceptors (Lipinski definition) is 1. The highest BCUT2D eigenvalue weighted by Gasteiger charge is 2.53. The van der Waals surface area contributed by atoms with Crippen molar-refractivity contribution in [2.45, 2.75) is 5.41 Å². The summed E-state index contributed by atoms with van der Waals surface area (Å²) >= 11 is 3.80. The summed E-state index contributed by atoms with van der Waals surface area (Å²) in [6.45, 7) is 0.881. The molecular weight excluding hydrogens is 382 g/mol. The zero-order valence-corrected chi connectivity index (χ0v) is 15.7. The van der Waals surface area contributed by atoms with Gasteiger partial charge in [0.15, 0.2) is 0 Å². The van der Waals surface area contributed by atoms with Crippen LogP contribution in [0.1, 0.15) is 22.3 Å². The van der Waals surface area contributed by atoms with Gasteiger partial charge in [0, 0.05) is 28.3 Å². The maximum absolute atomic E-state index is 3.80.